The lowest BCUT2D eigenvalue weighted by atomic mass is 9.82. The zero-order valence-corrected chi connectivity index (χ0v) is 10.8. The molecule has 0 aromatic rings. The van der Waals surface area contributed by atoms with Crippen LogP contribution < -0.4 is 0 Å². The highest BCUT2D eigenvalue weighted by Gasteiger charge is 2.25. The Morgan fingerprint density at radius 2 is 1.69 bits per heavy atom. The molecule has 0 amide bonds. The summed E-state index contributed by atoms with van der Waals surface area (Å²) in [6, 6.07) is 0.900. The number of nitrogens with zero attached hydrogens (tertiary/aromatic N) is 1. The van der Waals surface area contributed by atoms with Crippen LogP contribution in [-0.4, -0.2) is 24.0 Å². The molecule has 0 unspecified atom stereocenters. The minimum atomic E-state index is 0.900. The fourth-order valence-electron chi connectivity index (χ4n) is 3.27. The van der Waals surface area contributed by atoms with Gasteiger partial charge in [0, 0.05) is 19.1 Å². The fraction of sp³-hybridized carbons (Fsp3) is 0.867. The molecule has 2 aliphatic rings. The van der Waals surface area contributed by atoms with E-state index >= 15 is 0 Å². The molecule has 0 aromatic carbocycles. The van der Waals surface area contributed by atoms with E-state index in [9.17, 15) is 0 Å². The van der Waals surface area contributed by atoms with Crippen molar-refractivity contribution < 1.29 is 0 Å². The second-order valence-electron chi connectivity index (χ2n) is 5.60. The van der Waals surface area contributed by atoms with E-state index in [-0.39, 0.29) is 0 Å². The van der Waals surface area contributed by atoms with Crippen LogP contribution in [0.4, 0.5) is 0 Å². The van der Waals surface area contributed by atoms with Gasteiger partial charge in [0.05, 0.1) is 0 Å². The third-order valence-electron chi connectivity index (χ3n) is 4.40. The van der Waals surface area contributed by atoms with Gasteiger partial charge in [-0.1, -0.05) is 44.8 Å². The van der Waals surface area contributed by atoms with E-state index in [2.05, 4.69) is 24.0 Å². The van der Waals surface area contributed by atoms with Crippen LogP contribution in [0.1, 0.15) is 58.3 Å². The van der Waals surface area contributed by atoms with Gasteiger partial charge in [-0.25, -0.2) is 0 Å². The van der Waals surface area contributed by atoms with E-state index in [0.717, 1.165) is 12.0 Å². The van der Waals surface area contributed by atoms with Crippen molar-refractivity contribution in [1.29, 1.82) is 0 Å². The van der Waals surface area contributed by atoms with Crippen molar-refractivity contribution in [3.05, 3.63) is 12.2 Å². The van der Waals surface area contributed by atoms with Crippen LogP contribution in [0.2, 0.25) is 0 Å². The van der Waals surface area contributed by atoms with Crippen molar-refractivity contribution in [3.63, 3.8) is 0 Å². The molecule has 1 nitrogen and oxygen atoms in total. The molecule has 1 saturated carbocycles. The van der Waals surface area contributed by atoms with E-state index in [0.29, 0.717) is 0 Å². The van der Waals surface area contributed by atoms with Gasteiger partial charge < -0.3 is 0 Å². The molecular weight excluding hydrogens is 194 g/mol. The molecule has 16 heavy (non-hydrogen) atoms. The SMILES string of the molecule is CCCCCC1CCC(N2CC=CC2)CC1. The lowest BCUT2D eigenvalue weighted by Gasteiger charge is -2.34. The van der Waals surface area contributed by atoms with Crippen molar-refractivity contribution in [2.75, 3.05) is 13.1 Å². The van der Waals surface area contributed by atoms with E-state index in [1.807, 2.05) is 0 Å². The molecule has 0 spiro atoms. The first-order valence-electron chi connectivity index (χ1n) is 7.29. The molecule has 1 heterocycles. The first-order valence-corrected chi connectivity index (χ1v) is 7.29. The Labute approximate surface area is 101 Å². The zero-order chi connectivity index (χ0) is 11.2. The molecule has 0 aromatic heterocycles. The van der Waals surface area contributed by atoms with Crippen molar-refractivity contribution >= 4 is 0 Å². The molecule has 0 radical (unpaired) electrons. The van der Waals surface area contributed by atoms with E-state index in [1.165, 1.54) is 64.5 Å². The summed E-state index contributed by atoms with van der Waals surface area (Å²) in [5.74, 6) is 1.05. The van der Waals surface area contributed by atoms with Crippen LogP contribution in [0.15, 0.2) is 12.2 Å². The van der Waals surface area contributed by atoms with Gasteiger partial charge in [-0.3, -0.25) is 4.90 Å². The van der Waals surface area contributed by atoms with Gasteiger partial charge in [-0.05, 0) is 31.6 Å². The molecule has 92 valence electrons. The first-order chi connectivity index (χ1) is 7.90. The molecule has 1 fully saturated rings. The third-order valence-corrected chi connectivity index (χ3v) is 4.40. The molecule has 1 aliphatic heterocycles. The smallest absolute Gasteiger partial charge is 0.0169 e. The quantitative estimate of drug-likeness (QED) is 0.501. The van der Waals surface area contributed by atoms with Crippen LogP contribution in [0.5, 0.6) is 0 Å². The van der Waals surface area contributed by atoms with Crippen LogP contribution in [0, 0.1) is 5.92 Å². The summed E-state index contributed by atoms with van der Waals surface area (Å²) in [5, 5.41) is 0. The molecule has 0 atom stereocenters. The summed E-state index contributed by atoms with van der Waals surface area (Å²) in [7, 11) is 0. The number of rotatable bonds is 5. The Balaban J connectivity index is 1.62. The summed E-state index contributed by atoms with van der Waals surface area (Å²) in [6.45, 7) is 4.73. The average molecular weight is 221 g/mol. The summed E-state index contributed by atoms with van der Waals surface area (Å²) in [4.78, 5) is 2.66. The summed E-state index contributed by atoms with van der Waals surface area (Å²) in [5.41, 5.74) is 0. The molecular formula is C15H27N. The lowest BCUT2D eigenvalue weighted by molar-refractivity contribution is 0.165. The van der Waals surface area contributed by atoms with Gasteiger partial charge in [0.1, 0.15) is 0 Å². The highest BCUT2D eigenvalue weighted by Crippen LogP contribution is 2.31. The highest BCUT2D eigenvalue weighted by atomic mass is 15.2. The van der Waals surface area contributed by atoms with Gasteiger partial charge in [0.2, 0.25) is 0 Å². The minimum Gasteiger partial charge on any atom is -0.293 e. The Hall–Kier alpha value is -0.300. The van der Waals surface area contributed by atoms with E-state index in [1.54, 1.807) is 0 Å². The second kappa shape index (κ2) is 6.44. The fourth-order valence-corrected chi connectivity index (χ4v) is 3.27. The maximum absolute atomic E-state index is 2.66. The lowest BCUT2D eigenvalue weighted by Crippen LogP contribution is -2.36. The summed E-state index contributed by atoms with van der Waals surface area (Å²) >= 11 is 0. The van der Waals surface area contributed by atoms with Gasteiger partial charge >= 0.3 is 0 Å². The highest BCUT2D eigenvalue weighted by molar-refractivity contribution is 4.98. The van der Waals surface area contributed by atoms with Gasteiger partial charge in [-0.15, -0.1) is 0 Å². The van der Waals surface area contributed by atoms with Gasteiger partial charge in [0.15, 0.2) is 0 Å². The Kier molecular flexibility index (Phi) is 4.90. The Bertz CT molecular complexity index is 205. The topological polar surface area (TPSA) is 3.24 Å². The van der Waals surface area contributed by atoms with Crippen molar-refractivity contribution in [2.45, 2.75) is 64.3 Å². The van der Waals surface area contributed by atoms with E-state index in [4.69, 9.17) is 0 Å². The van der Waals surface area contributed by atoms with Crippen LogP contribution in [-0.2, 0) is 0 Å². The standard InChI is InChI=1S/C15H27N/c1-2-3-4-7-14-8-10-15(11-9-14)16-12-5-6-13-16/h5-6,14-15H,2-4,7-13H2,1H3. The van der Waals surface area contributed by atoms with Crippen LogP contribution in [0.25, 0.3) is 0 Å². The maximum Gasteiger partial charge on any atom is 0.0169 e. The third kappa shape index (κ3) is 3.35. The van der Waals surface area contributed by atoms with E-state index < -0.39 is 0 Å². The van der Waals surface area contributed by atoms with Crippen LogP contribution >= 0.6 is 0 Å². The molecule has 1 heteroatoms. The molecule has 0 bridgehead atoms. The molecule has 1 aliphatic carbocycles. The normalized spacial score (nSPS) is 31.1. The molecule has 0 saturated heterocycles. The zero-order valence-electron chi connectivity index (χ0n) is 10.8. The van der Waals surface area contributed by atoms with Crippen molar-refractivity contribution in [1.82, 2.24) is 4.90 Å². The number of hydrogen-bond donors (Lipinski definition) is 0. The Morgan fingerprint density at radius 1 is 1.00 bits per heavy atom. The maximum atomic E-state index is 2.66. The summed E-state index contributed by atoms with van der Waals surface area (Å²) < 4.78 is 0. The first kappa shape index (κ1) is 12.2. The van der Waals surface area contributed by atoms with Crippen molar-refractivity contribution in [3.8, 4) is 0 Å². The summed E-state index contributed by atoms with van der Waals surface area (Å²) in [6.07, 6.45) is 16.3. The van der Waals surface area contributed by atoms with Gasteiger partial charge in [-0.2, -0.15) is 0 Å². The minimum absolute atomic E-state index is 0.900. The second-order valence-corrected chi connectivity index (χ2v) is 5.60. The largest absolute Gasteiger partial charge is 0.293 e. The number of hydrogen-bond acceptors (Lipinski definition) is 1. The monoisotopic (exact) mass is 221 g/mol. The van der Waals surface area contributed by atoms with Gasteiger partial charge in [0.25, 0.3) is 0 Å². The predicted octanol–water partition coefficient (Wildman–Crippen LogP) is 4.00. The molecule has 0 N–H and O–H groups in total. The number of unbranched alkanes of at least 4 members (excludes halogenated alkanes) is 2. The van der Waals surface area contributed by atoms with Crippen LogP contribution in [0.3, 0.4) is 0 Å². The van der Waals surface area contributed by atoms with Crippen molar-refractivity contribution in [2.24, 2.45) is 5.92 Å². The average Bonchev–Trinajstić information content (AvgIpc) is 2.84. The molecule has 2 rings (SSSR count). The Morgan fingerprint density at radius 3 is 2.31 bits per heavy atom. The predicted molar refractivity (Wildman–Crippen MR) is 70.6 cm³/mol.